The van der Waals surface area contributed by atoms with Crippen molar-refractivity contribution in [1.82, 2.24) is 24.8 Å². The van der Waals surface area contributed by atoms with Crippen molar-refractivity contribution in [1.29, 1.82) is 5.26 Å². The fraction of sp³-hybridized carbons (Fsp3) is 0.600. The summed E-state index contributed by atoms with van der Waals surface area (Å²) >= 11 is 0. The highest BCUT2D eigenvalue weighted by Crippen LogP contribution is 2.39. The van der Waals surface area contributed by atoms with E-state index in [4.69, 9.17) is 14.7 Å². The molecule has 42 heavy (non-hydrogen) atoms. The Hall–Kier alpha value is -3.59. The molecule has 0 spiro atoms. The van der Waals surface area contributed by atoms with Gasteiger partial charge < -0.3 is 24.3 Å². The van der Waals surface area contributed by atoms with Crippen LogP contribution in [0.3, 0.4) is 0 Å². The fourth-order valence-corrected chi connectivity index (χ4v) is 6.40. The van der Waals surface area contributed by atoms with Gasteiger partial charge in [0.25, 0.3) is 0 Å². The van der Waals surface area contributed by atoms with Crippen molar-refractivity contribution < 1.29 is 17.9 Å². The van der Waals surface area contributed by atoms with E-state index in [2.05, 4.69) is 39.8 Å². The predicted molar refractivity (Wildman–Crippen MR) is 154 cm³/mol. The molecule has 2 aliphatic heterocycles. The molecule has 4 heterocycles. The normalized spacial score (nSPS) is 23.0. The van der Waals surface area contributed by atoms with Gasteiger partial charge in [-0.2, -0.15) is 28.4 Å². The summed E-state index contributed by atoms with van der Waals surface area (Å²) in [7, 11) is 4.20. The van der Waals surface area contributed by atoms with Crippen LogP contribution in [0.25, 0.3) is 0 Å². The topological polar surface area (TPSA) is 84.7 Å². The smallest absolute Gasteiger partial charge is 0.418 e. The van der Waals surface area contributed by atoms with Gasteiger partial charge >= 0.3 is 12.2 Å². The summed E-state index contributed by atoms with van der Waals surface area (Å²) in [6.45, 7) is 5.08. The Labute approximate surface area is 245 Å². The van der Waals surface area contributed by atoms with Crippen LogP contribution >= 0.6 is 0 Å². The predicted octanol–water partition coefficient (Wildman–Crippen LogP) is 4.50. The van der Waals surface area contributed by atoms with Gasteiger partial charge in [0.05, 0.1) is 54.8 Å². The lowest BCUT2D eigenvalue weighted by Crippen LogP contribution is -2.51. The van der Waals surface area contributed by atoms with Crippen LogP contribution in [0.4, 0.5) is 24.7 Å². The third-order valence-corrected chi connectivity index (χ3v) is 8.66. The van der Waals surface area contributed by atoms with Gasteiger partial charge in [-0.25, -0.2) is 0 Å². The Kier molecular flexibility index (Phi) is 9.06. The Bertz CT molecular complexity index is 1310. The van der Waals surface area contributed by atoms with Crippen LogP contribution < -0.4 is 14.5 Å². The fourth-order valence-electron chi connectivity index (χ4n) is 6.40. The number of alkyl halides is 3. The quantitative estimate of drug-likeness (QED) is 0.445. The van der Waals surface area contributed by atoms with Crippen molar-refractivity contribution in [3.63, 3.8) is 0 Å². The second-order valence-corrected chi connectivity index (χ2v) is 11.6. The summed E-state index contributed by atoms with van der Waals surface area (Å²) in [4.78, 5) is 22.0. The molecular formula is C30H39F3N8O. The average Bonchev–Trinajstić information content (AvgIpc) is 3.46. The van der Waals surface area contributed by atoms with E-state index >= 15 is 0 Å². The number of rotatable bonds is 8. The highest BCUT2D eigenvalue weighted by atomic mass is 19.4. The van der Waals surface area contributed by atoms with Crippen LogP contribution in [-0.4, -0.2) is 83.7 Å². The number of fused-ring (bicyclic) bond motifs is 1. The molecular weight excluding hydrogens is 545 g/mol. The van der Waals surface area contributed by atoms with Crippen LogP contribution in [0.5, 0.6) is 6.01 Å². The molecule has 12 heteroatoms. The van der Waals surface area contributed by atoms with Gasteiger partial charge in [-0.05, 0) is 64.9 Å². The number of hydrogen-bond acceptors (Lipinski definition) is 9. The van der Waals surface area contributed by atoms with Crippen LogP contribution in [0, 0.1) is 17.2 Å². The van der Waals surface area contributed by atoms with Crippen molar-refractivity contribution in [3.05, 3.63) is 47.6 Å². The first-order chi connectivity index (χ1) is 20.2. The van der Waals surface area contributed by atoms with E-state index in [1.807, 2.05) is 19.2 Å². The average molecular weight is 585 g/mol. The Morgan fingerprint density at radius 1 is 1.17 bits per heavy atom. The molecule has 1 aliphatic carbocycles. The van der Waals surface area contributed by atoms with Crippen molar-refractivity contribution in [2.45, 2.75) is 63.8 Å². The Morgan fingerprint density at radius 2 is 2.00 bits per heavy atom. The number of allylic oxidation sites excluding steroid dienone is 1. The first-order valence-electron chi connectivity index (χ1n) is 14.6. The molecule has 0 bridgehead atoms. The summed E-state index contributed by atoms with van der Waals surface area (Å²) in [6.07, 6.45) is 6.06. The Morgan fingerprint density at radius 3 is 2.71 bits per heavy atom. The van der Waals surface area contributed by atoms with E-state index in [1.165, 1.54) is 12.4 Å². The number of piperazine rings is 1. The molecule has 5 rings (SSSR count). The number of pyridine rings is 1. The Balaban J connectivity index is 1.44. The molecule has 1 saturated carbocycles. The first-order valence-corrected chi connectivity index (χ1v) is 14.6. The molecule has 2 fully saturated rings. The van der Waals surface area contributed by atoms with Crippen LogP contribution in [-0.2, 0) is 19.1 Å². The van der Waals surface area contributed by atoms with E-state index in [0.717, 1.165) is 43.3 Å². The molecule has 0 N–H and O–H groups in total. The van der Waals surface area contributed by atoms with Gasteiger partial charge in [0.15, 0.2) is 0 Å². The van der Waals surface area contributed by atoms with E-state index in [1.54, 1.807) is 4.90 Å². The minimum Gasteiger partial charge on any atom is -0.463 e. The molecule has 0 aromatic carbocycles. The number of aromatic nitrogens is 3. The standard InChI is InChI=1S/C30H39F3N8O/c1-4-12-39-14-15-41(18-23(39)7-10-34)28-24-9-13-40(27-17-35-11-8-25(27)30(31,32)33)19-26(24)36-29(37-28)42-20-21-5-6-22(16-21)38(2)3/h4,8,11-12,17,21-23H,5-7,9,13-16,18-20H2,1-3H3. The van der Waals surface area contributed by atoms with Gasteiger partial charge in [0.1, 0.15) is 5.82 Å². The van der Waals surface area contributed by atoms with Crippen LogP contribution in [0.1, 0.15) is 49.4 Å². The molecule has 226 valence electrons. The highest BCUT2D eigenvalue weighted by Gasteiger charge is 2.37. The van der Waals surface area contributed by atoms with Crippen LogP contribution in [0.15, 0.2) is 30.7 Å². The summed E-state index contributed by atoms with van der Waals surface area (Å²) in [5.41, 5.74) is 0.944. The maximum atomic E-state index is 13.8. The van der Waals surface area contributed by atoms with Crippen molar-refractivity contribution in [2.75, 3.05) is 56.7 Å². The molecule has 2 aromatic rings. The largest absolute Gasteiger partial charge is 0.463 e. The zero-order valence-electron chi connectivity index (χ0n) is 24.5. The van der Waals surface area contributed by atoms with E-state index < -0.39 is 11.7 Å². The molecule has 3 atom stereocenters. The molecule has 0 amide bonds. The molecule has 2 aromatic heterocycles. The molecule has 3 unspecified atom stereocenters. The van der Waals surface area contributed by atoms with Gasteiger partial charge in [-0.1, -0.05) is 6.08 Å². The highest BCUT2D eigenvalue weighted by molar-refractivity contribution is 5.58. The lowest BCUT2D eigenvalue weighted by molar-refractivity contribution is -0.137. The number of ether oxygens (including phenoxy) is 1. The number of anilines is 2. The second kappa shape index (κ2) is 12.7. The summed E-state index contributed by atoms with van der Waals surface area (Å²) < 4.78 is 47.7. The zero-order valence-corrected chi connectivity index (χ0v) is 24.5. The minimum absolute atomic E-state index is 0.00113. The van der Waals surface area contributed by atoms with Gasteiger partial charge in [0, 0.05) is 44.0 Å². The second-order valence-electron chi connectivity index (χ2n) is 11.6. The van der Waals surface area contributed by atoms with E-state index in [-0.39, 0.29) is 24.3 Å². The molecule has 1 saturated heterocycles. The van der Waals surface area contributed by atoms with Gasteiger partial charge in [0.2, 0.25) is 0 Å². The summed E-state index contributed by atoms with van der Waals surface area (Å²) in [5.74, 6) is 1.16. The summed E-state index contributed by atoms with van der Waals surface area (Å²) in [5, 5.41) is 9.48. The maximum absolute atomic E-state index is 13.8. The van der Waals surface area contributed by atoms with Crippen molar-refractivity contribution in [3.8, 4) is 12.1 Å². The molecule has 0 radical (unpaired) electrons. The summed E-state index contributed by atoms with van der Waals surface area (Å²) in [6, 6.07) is 4.12. The minimum atomic E-state index is -4.49. The number of hydrogen-bond donors (Lipinski definition) is 0. The lowest BCUT2D eigenvalue weighted by Gasteiger charge is -2.42. The number of halogens is 3. The lowest BCUT2D eigenvalue weighted by atomic mass is 10.0. The van der Waals surface area contributed by atoms with Gasteiger partial charge in [-0.15, -0.1) is 0 Å². The zero-order chi connectivity index (χ0) is 29.9. The van der Waals surface area contributed by atoms with Crippen molar-refractivity contribution in [2.24, 2.45) is 5.92 Å². The van der Waals surface area contributed by atoms with E-state index in [9.17, 15) is 18.4 Å². The molecule has 3 aliphatic rings. The monoisotopic (exact) mass is 584 g/mol. The first kappa shape index (κ1) is 29.9. The third-order valence-electron chi connectivity index (χ3n) is 8.66. The third kappa shape index (κ3) is 6.56. The number of nitrogens with zero attached hydrogens (tertiary/aromatic N) is 8. The van der Waals surface area contributed by atoms with Crippen LogP contribution in [0.2, 0.25) is 0 Å². The van der Waals surface area contributed by atoms with Gasteiger partial charge in [-0.3, -0.25) is 4.98 Å². The number of nitriles is 1. The van der Waals surface area contributed by atoms with Crippen molar-refractivity contribution >= 4 is 11.5 Å². The SMILES string of the molecule is CC=CN1CCN(c2nc(OCC3CCC(N(C)C)C3)nc3c2CCN(c2cnccc2C(F)(F)F)C3)CC1CC#N. The van der Waals surface area contributed by atoms with E-state index in [0.29, 0.717) is 56.7 Å². The maximum Gasteiger partial charge on any atom is 0.418 e. The molecule has 9 nitrogen and oxygen atoms in total.